The van der Waals surface area contributed by atoms with Crippen molar-refractivity contribution in [2.24, 2.45) is 11.7 Å². The highest BCUT2D eigenvalue weighted by molar-refractivity contribution is 6.31. The van der Waals surface area contributed by atoms with Crippen LogP contribution < -0.4 is 5.73 Å². The number of likely N-dealkylation sites (tertiary alicyclic amines) is 1. The third-order valence-electron chi connectivity index (χ3n) is 4.42. The molecule has 2 unspecified atom stereocenters. The predicted molar refractivity (Wildman–Crippen MR) is 82.5 cm³/mol. The normalized spacial score (nSPS) is 24.6. The van der Waals surface area contributed by atoms with Crippen molar-refractivity contribution in [2.75, 3.05) is 13.1 Å². The molecule has 0 amide bonds. The van der Waals surface area contributed by atoms with E-state index >= 15 is 0 Å². The molecule has 2 N–H and O–H groups in total. The number of hydrogen-bond acceptors (Lipinski definition) is 2. The summed E-state index contributed by atoms with van der Waals surface area (Å²) < 4.78 is 0. The zero-order valence-electron chi connectivity index (χ0n) is 12.0. The topological polar surface area (TPSA) is 29.3 Å². The van der Waals surface area contributed by atoms with E-state index in [1.807, 2.05) is 6.92 Å². The van der Waals surface area contributed by atoms with Crippen LogP contribution in [-0.2, 0) is 6.54 Å². The second-order valence-corrected chi connectivity index (χ2v) is 6.15. The van der Waals surface area contributed by atoms with Gasteiger partial charge in [-0.15, -0.1) is 0 Å². The van der Waals surface area contributed by atoms with Crippen molar-refractivity contribution in [3.63, 3.8) is 0 Å². The van der Waals surface area contributed by atoms with E-state index in [1.54, 1.807) is 0 Å². The van der Waals surface area contributed by atoms with Crippen molar-refractivity contribution in [1.29, 1.82) is 0 Å². The van der Waals surface area contributed by atoms with Gasteiger partial charge in [0.05, 0.1) is 0 Å². The number of aryl methyl sites for hydroxylation is 1. The van der Waals surface area contributed by atoms with E-state index in [1.165, 1.54) is 24.8 Å². The van der Waals surface area contributed by atoms with E-state index in [2.05, 4.69) is 30.0 Å². The summed E-state index contributed by atoms with van der Waals surface area (Å²) in [7, 11) is 0. The van der Waals surface area contributed by atoms with Crippen LogP contribution in [0.4, 0.5) is 0 Å². The quantitative estimate of drug-likeness (QED) is 0.913. The predicted octanol–water partition coefficient (Wildman–Crippen LogP) is 3.60. The van der Waals surface area contributed by atoms with E-state index in [-0.39, 0.29) is 0 Å². The third-order valence-corrected chi connectivity index (χ3v) is 4.82. The summed E-state index contributed by atoms with van der Waals surface area (Å²) in [6.07, 6.45) is 3.82. The maximum Gasteiger partial charge on any atom is 0.0438 e. The van der Waals surface area contributed by atoms with Crippen LogP contribution in [0.5, 0.6) is 0 Å². The summed E-state index contributed by atoms with van der Waals surface area (Å²) in [6, 6.07) is 6.91. The van der Waals surface area contributed by atoms with Gasteiger partial charge >= 0.3 is 0 Å². The lowest BCUT2D eigenvalue weighted by Crippen LogP contribution is -2.46. The Morgan fingerprint density at radius 3 is 2.84 bits per heavy atom. The van der Waals surface area contributed by atoms with Gasteiger partial charge in [0.25, 0.3) is 0 Å². The van der Waals surface area contributed by atoms with E-state index in [9.17, 15) is 0 Å². The fourth-order valence-electron chi connectivity index (χ4n) is 2.98. The van der Waals surface area contributed by atoms with Gasteiger partial charge in [-0.1, -0.05) is 37.1 Å². The van der Waals surface area contributed by atoms with E-state index < -0.39 is 0 Å². The Kier molecular flexibility index (Phi) is 5.26. The fourth-order valence-corrected chi connectivity index (χ4v) is 3.18. The van der Waals surface area contributed by atoms with Crippen LogP contribution in [0, 0.1) is 12.8 Å². The van der Waals surface area contributed by atoms with Crippen molar-refractivity contribution in [2.45, 2.75) is 45.7 Å². The van der Waals surface area contributed by atoms with Crippen molar-refractivity contribution >= 4 is 11.6 Å². The van der Waals surface area contributed by atoms with Gasteiger partial charge in [0, 0.05) is 24.2 Å². The lowest BCUT2D eigenvalue weighted by atomic mass is 9.88. The van der Waals surface area contributed by atoms with Crippen molar-refractivity contribution in [1.82, 2.24) is 4.90 Å². The van der Waals surface area contributed by atoms with Gasteiger partial charge in [-0.2, -0.15) is 0 Å². The fraction of sp³-hybridized carbons (Fsp3) is 0.625. The molecule has 2 nitrogen and oxygen atoms in total. The summed E-state index contributed by atoms with van der Waals surface area (Å²) in [5.74, 6) is 0.853. The lowest BCUT2D eigenvalue weighted by molar-refractivity contribution is 0.107. The molecule has 1 aliphatic rings. The number of rotatable bonds is 4. The highest BCUT2D eigenvalue weighted by Crippen LogP contribution is 2.27. The zero-order valence-corrected chi connectivity index (χ0v) is 12.8. The van der Waals surface area contributed by atoms with Gasteiger partial charge in [0.2, 0.25) is 0 Å². The minimum Gasteiger partial charge on any atom is -0.329 e. The molecule has 19 heavy (non-hydrogen) atoms. The van der Waals surface area contributed by atoms with E-state index in [4.69, 9.17) is 17.3 Å². The smallest absolute Gasteiger partial charge is 0.0438 e. The number of halogens is 1. The molecule has 2 atom stereocenters. The molecule has 0 radical (unpaired) electrons. The van der Waals surface area contributed by atoms with Crippen LogP contribution in [0.25, 0.3) is 0 Å². The van der Waals surface area contributed by atoms with Crippen LogP contribution in [0.15, 0.2) is 18.2 Å². The van der Waals surface area contributed by atoms with Crippen molar-refractivity contribution in [3.05, 3.63) is 34.3 Å². The molecule has 0 aliphatic carbocycles. The van der Waals surface area contributed by atoms with Gasteiger partial charge in [0.15, 0.2) is 0 Å². The van der Waals surface area contributed by atoms with Crippen LogP contribution in [0.3, 0.4) is 0 Å². The second-order valence-electron chi connectivity index (χ2n) is 5.74. The molecule has 1 saturated heterocycles. The SMILES string of the molecule is CCC1CCN(Cc2ccc(C)c(Cl)c2)C(CN)C1. The molecule has 1 heterocycles. The monoisotopic (exact) mass is 280 g/mol. The molecule has 1 aliphatic heterocycles. The molecule has 2 rings (SSSR count). The molecule has 1 fully saturated rings. The minimum absolute atomic E-state index is 0.527. The number of nitrogens with zero attached hydrogens (tertiary/aromatic N) is 1. The summed E-state index contributed by atoms with van der Waals surface area (Å²) in [4.78, 5) is 2.52. The molecule has 3 heteroatoms. The van der Waals surface area contributed by atoms with Crippen LogP contribution in [0.2, 0.25) is 5.02 Å². The number of hydrogen-bond donors (Lipinski definition) is 1. The summed E-state index contributed by atoms with van der Waals surface area (Å²) in [5.41, 5.74) is 8.39. The Hall–Kier alpha value is -0.570. The Labute approximate surface area is 121 Å². The molecular weight excluding hydrogens is 256 g/mol. The van der Waals surface area contributed by atoms with Crippen LogP contribution >= 0.6 is 11.6 Å². The zero-order chi connectivity index (χ0) is 13.8. The molecule has 0 bridgehead atoms. The Bertz CT molecular complexity index is 419. The number of benzene rings is 1. The molecule has 106 valence electrons. The van der Waals surface area contributed by atoms with Gasteiger partial charge in [-0.3, -0.25) is 4.90 Å². The Balaban J connectivity index is 2.03. The minimum atomic E-state index is 0.527. The maximum absolute atomic E-state index is 6.20. The Morgan fingerprint density at radius 2 is 2.21 bits per heavy atom. The molecular formula is C16H25ClN2. The molecule has 1 aromatic carbocycles. The van der Waals surface area contributed by atoms with Gasteiger partial charge < -0.3 is 5.73 Å². The molecule has 0 spiro atoms. The first-order valence-corrected chi connectivity index (χ1v) is 7.71. The van der Waals surface area contributed by atoms with Gasteiger partial charge in [0.1, 0.15) is 0 Å². The number of piperidine rings is 1. The average molecular weight is 281 g/mol. The highest BCUT2D eigenvalue weighted by atomic mass is 35.5. The Morgan fingerprint density at radius 1 is 1.42 bits per heavy atom. The van der Waals surface area contributed by atoms with Gasteiger partial charge in [-0.25, -0.2) is 0 Å². The summed E-state index contributed by atoms with van der Waals surface area (Å²) in [5, 5.41) is 0.866. The number of nitrogens with two attached hydrogens (primary N) is 1. The highest BCUT2D eigenvalue weighted by Gasteiger charge is 2.26. The lowest BCUT2D eigenvalue weighted by Gasteiger charge is -2.39. The third kappa shape index (κ3) is 3.71. The summed E-state index contributed by atoms with van der Waals surface area (Å²) >= 11 is 6.20. The largest absolute Gasteiger partial charge is 0.329 e. The first kappa shape index (κ1) is 14.8. The van der Waals surface area contributed by atoms with Gasteiger partial charge in [-0.05, 0) is 49.4 Å². The van der Waals surface area contributed by atoms with Crippen molar-refractivity contribution < 1.29 is 0 Å². The van der Waals surface area contributed by atoms with Crippen molar-refractivity contribution in [3.8, 4) is 0 Å². The molecule has 0 saturated carbocycles. The maximum atomic E-state index is 6.20. The summed E-state index contributed by atoms with van der Waals surface area (Å²) in [6.45, 7) is 7.22. The molecule has 0 aromatic heterocycles. The first-order chi connectivity index (χ1) is 9.13. The van der Waals surface area contributed by atoms with E-state index in [0.717, 1.165) is 36.1 Å². The molecule has 1 aromatic rings. The average Bonchev–Trinajstić information content (AvgIpc) is 2.43. The van der Waals surface area contributed by atoms with E-state index in [0.29, 0.717) is 6.04 Å². The standard InChI is InChI=1S/C16H25ClN2/c1-3-13-6-7-19(15(8-13)10-18)11-14-5-4-12(2)16(17)9-14/h4-5,9,13,15H,3,6-8,10-11,18H2,1-2H3. The van der Waals surface area contributed by atoms with Crippen LogP contribution in [0.1, 0.15) is 37.3 Å². The first-order valence-electron chi connectivity index (χ1n) is 7.33. The second kappa shape index (κ2) is 6.74. The van der Waals surface area contributed by atoms with Crippen LogP contribution in [-0.4, -0.2) is 24.0 Å².